The summed E-state index contributed by atoms with van der Waals surface area (Å²) >= 11 is 2.58. The van der Waals surface area contributed by atoms with E-state index in [1.165, 1.54) is 23.1 Å². The molecule has 2 aromatic heterocycles. The van der Waals surface area contributed by atoms with Gasteiger partial charge in [-0.05, 0) is 39.8 Å². The second kappa shape index (κ2) is 8.34. The van der Waals surface area contributed by atoms with Crippen LogP contribution >= 0.6 is 23.1 Å². The number of amides is 3. The minimum absolute atomic E-state index is 0.382. The van der Waals surface area contributed by atoms with Crippen molar-refractivity contribution in [2.45, 2.75) is 49.4 Å². The Kier molecular flexibility index (Phi) is 6.43. The number of urea groups is 1. The van der Waals surface area contributed by atoms with Crippen LogP contribution in [0.5, 0.6) is 0 Å². The summed E-state index contributed by atoms with van der Waals surface area (Å²) in [6, 6.07) is 3.16. The van der Waals surface area contributed by atoms with Gasteiger partial charge in [0.1, 0.15) is 5.76 Å². The average Bonchev–Trinajstić information content (AvgIpc) is 3.14. The molecule has 3 amide bonds. The zero-order valence-electron chi connectivity index (χ0n) is 14.5. The van der Waals surface area contributed by atoms with Gasteiger partial charge in [-0.15, -0.1) is 10.2 Å². The number of thioether (sulfide) groups is 1. The molecule has 1 atom stereocenters. The number of furan rings is 1. The highest BCUT2D eigenvalue weighted by Gasteiger charge is 2.21. The Balaban J connectivity index is 1.80. The Labute approximate surface area is 154 Å². The highest BCUT2D eigenvalue weighted by atomic mass is 32.2. The smallest absolute Gasteiger partial charge is 0.321 e. The number of carbonyl (C=O) groups excluding carboxylic acids is 2. The van der Waals surface area contributed by atoms with Crippen molar-refractivity contribution in [2.24, 2.45) is 0 Å². The van der Waals surface area contributed by atoms with Crippen LogP contribution in [0, 0.1) is 0 Å². The molecule has 3 N–H and O–H groups in total. The number of hydrogen-bond donors (Lipinski definition) is 3. The first-order valence-electron chi connectivity index (χ1n) is 7.62. The summed E-state index contributed by atoms with van der Waals surface area (Å²) in [5.74, 6) is 0.411. The Bertz CT molecular complexity index is 709. The first-order chi connectivity index (χ1) is 11.7. The summed E-state index contributed by atoms with van der Waals surface area (Å²) in [5.41, 5.74) is -0.408. The summed E-state index contributed by atoms with van der Waals surface area (Å²) in [5, 5.41) is 16.3. The number of nitrogens with one attached hydrogen (secondary N) is 3. The molecule has 136 valence electrons. The van der Waals surface area contributed by atoms with E-state index in [9.17, 15) is 9.59 Å². The highest BCUT2D eigenvalue weighted by molar-refractivity contribution is 8.02. The van der Waals surface area contributed by atoms with E-state index in [4.69, 9.17) is 4.42 Å². The molecule has 8 nitrogen and oxygen atoms in total. The molecule has 0 saturated carbocycles. The van der Waals surface area contributed by atoms with E-state index in [-0.39, 0.29) is 5.91 Å². The van der Waals surface area contributed by atoms with Gasteiger partial charge in [0.25, 0.3) is 0 Å². The maximum absolute atomic E-state index is 12.1. The van der Waals surface area contributed by atoms with E-state index in [2.05, 4.69) is 26.1 Å². The minimum atomic E-state index is -0.511. The molecule has 0 bridgehead atoms. The first-order valence-corrected chi connectivity index (χ1v) is 9.32. The topological polar surface area (TPSA) is 109 Å². The van der Waals surface area contributed by atoms with Crippen molar-refractivity contribution in [3.63, 3.8) is 0 Å². The lowest BCUT2D eigenvalue weighted by Crippen LogP contribution is -2.49. The molecule has 0 aliphatic heterocycles. The predicted molar refractivity (Wildman–Crippen MR) is 97.7 cm³/mol. The zero-order valence-corrected chi connectivity index (χ0v) is 16.1. The summed E-state index contributed by atoms with van der Waals surface area (Å²) in [6.45, 7) is 7.74. The van der Waals surface area contributed by atoms with Crippen molar-refractivity contribution >= 4 is 40.2 Å². The predicted octanol–water partition coefficient (Wildman–Crippen LogP) is 2.85. The van der Waals surface area contributed by atoms with Crippen molar-refractivity contribution in [2.75, 3.05) is 5.32 Å². The number of carbonyl (C=O) groups is 2. The van der Waals surface area contributed by atoms with Crippen LogP contribution in [0.1, 0.15) is 33.5 Å². The van der Waals surface area contributed by atoms with Gasteiger partial charge >= 0.3 is 6.03 Å². The fourth-order valence-electron chi connectivity index (χ4n) is 1.69. The van der Waals surface area contributed by atoms with Crippen molar-refractivity contribution in [1.82, 2.24) is 20.8 Å². The maximum Gasteiger partial charge on any atom is 0.321 e. The van der Waals surface area contributed by atoms with Gasteiger partial charge in [-0.25, -0.2) is 4.79 Å². The quantitative estimate of drug-likeness (QED) is 0.658. The number of hydrogen-bond acceptors (Lipinski definition) is 8. The van der Waals surface area contributed by atoms with Crippen molar-refractivity contribution in [3.05, 3.63) is 24.2 Å². The summed E-state index contributed by atoms with van der Waals surface area (Å²) in [4.78, 5) is 23.8. The normalized spacial score (nSPS) is 12.5. The lowest BCUT2D eigenvalue weighted by molar-refractivity contribution is -0.119. The number of aromatic nitrogens is 2. The molecule has 2 aromatic rings. The van der Waals surface area contributed by atoms with E-state index in [0.717, 1.165) is 5.76 Å². The third-order valence-corrected chi connectivity index (χ3v) is 4.84. The summed E-state index contributed by atoms with van der Waals surface area (Å²) in [7, 11) is 0. The van der Waals surface area contributed by atoms with Gasteiger partial charge in [-0.1, -0.05) is 23.1 Å². The number of anilines is 1. The van der Waals surface area contributed by atoms with Crippen molar-refractivity contribution in [1.29, 1.82) is 0 Å². The lowest BCUT2D eigenvalue weighted by Gasteiger charge is -2.20. The fourth-order valence-corrected chi connectivity index (χ4v) is 3.59. The molecule has 0 fully saturated rings. The van der Waals surface area contributed by atoms with Crippen LogP contribution in [0.4, 0.5) is 9.93 Å². The molecule has 0 spiro atoms. The van der Waals surface area contributed by atoms with Crippen LogP contribution in [0.15, 0.2) is 27.2 Å². The van der Waals surface area contributed by atoms with Crippen LogP contribution in [0.3, 0.4) is 0 Å². The van der Waals surface area contributed by atoms with E-state index in [1.807, 2.05) is 32.9 Å². The molecule has 0 aliphatic carbocycles. The largest absolute Gasteiger partial charge is 0.467 e. The van der Waals surface area contributed by atoms with Gasteiger partial charge in [0, 0.05) is 5.54 Å². The van der Waals surface area contributed by atoms with Crippen molar-refractivity contribution in [3.8, 4) is 0 Å². The number of rotatable bonds is 6. The van der Waals surface area contributed by atoms with Crippen LogP contribution in [0.2, 0.25) is 0 Å². The molecule has 0 aliphatic rings. The molecular formula is C15H21N5O3S2. The summed E-state index contributed by atoms with van der Waals surface area (Å²) in [6.07, 6.45) is 1.61. The average molecular weight is 383 g/mol. The zero-order chi connectivity index (χ0) is 18.4. The van der Waals surface area contributed by atoms with Crippen LogP contribution in [-0.2, 0) is 11.3 Å². The third kappa shape index (κ3) is 6.75. The first kappa shape index (κ1) is 19.3. The lowest BCUT2D eigenvalue weighted by atomic mass is 10.1. The highest BCUT2D eigenvalue weighted by Crippen LogP contribution is 2.29. The SMILES string of the molecule is CC(Sc1nnc(NCc2ccco2)s1)C(=O)NC(=O)NC(C)(C)C. The van der Waals surface area contributed by atoms with Gasteiger partial charge in [-0.3, -0.25) is 10.1 Å². The molecule has 0 saturated heterocycles. The molecule has 2 rings (SSSR count). The maximum atomic E-state index is 12.1. The molecule has 2 heterocycles. The van der Waals surface area contributed by atoms with Gasteiger partial charge < -0.3 is 15.1 Å². The number of imide groups is 1. The molecule has 1 unspecified atom stereocenters. The summed E-state index contributed by atoms with van der Waals surface area (Å²) < 4.78 is 5.87. The van der Waals surface area contributed by atoms with Gasteiger partial charge in [0.05, 0.1) is 18.1 Å². The van der Waals surface area contributed by atoms with E-state index in [1.54, 1.807) is 13.2 Å². The van der Waals surface area contributed by atoms with Gasteiger partial charge in [0.2, 0.25) is 11.0 Å². The Morgan fingerprint density at radius 1 is 1.36 bits per heavy atom. The molecular weight excluding hydrogens is 362 g/mol. The molecule has 10 heteroatoms. The number of nitrogens with zero attached hydrogens (tertiary/aromatic N) is 2. The monoisotopic (exact) mass is 383 g/mol. The Morgan fingerprint density at radius 3 is 2.76 bits per heavy atom. The van der Waals surface area contributed by atoms with Crippen LogP contribution in [0.25, 0.3) is 0 Å². The molecule has 0 aromatic carbocycles. The van der Waals surface area contributed by atoms with Crippen LogP contribution in [-0.4, -0.2) is 32.9 Å². The van der Waals surface area contributed by atoms with E-state index >= 15 is 0 Å². The standard InChI is InChI=1S/C15H21N5O3S2/c1-9(11(21)17-12(22)18-15(2,3)4)24-14-20-19-13(25-14)16-8-10-6-5-7-23-10/h5-7,9H,8H2,1-4H3,(H,16,19)(H2,17,18,21,22). The van der Waals surface area contributed by atoms with Crippen molar-refractivity contribution < 1.29 is 14.0 Å². The van der Waals surface area contributed by atoms with Gasteiger partial charge in [-0.2, -0.15) is 0 Å². The van der Waals surface area contributed by atoms with Crippen LogP contribution < -0.4 is 16.0 Å². The fraction of sp³-hybridized carbons (Fsp3) is 0.467. The van der Waals surface area contributed by atoms with E-state index in [0.29, 0.717) is 16.0 Å². The minimum Gasteiger partial charge on any atom is -0.467 e. The second-order valence-corrected chi connectivity index (χ2v) is 8.82. The Morgan fingerprint density at radius 2 is 2.12 bits per heavy atom. The Hall–Kier alpha value is -2.07. The second-order valence-electron chi connectivity index (χ2n) is 6.26. The molecule has 25 heavy (non-hydrogen) atoms. The molecule has 0 radical (unpaired) electrons. The van der Waals surface area contributed by atoms with E-state index < -0.39 is 16.8 Å². The third-order valence-electron chi connectivity index (χ3n) is 2.77. The van der Waals surface area contributed by atoms with Gasteiger partial charge in [0.15, 0.2) is 4.34 Å².